The van der Waals surface area contributed by atoms with Crippen LogP contribution in [0, 0.1) is 11.8 Å². The van der Waals surface area contributed by atoms with E-state index in [2.05, 4.69) is 5.32 Å². The number of nitrogens with zero attached hydrogens (tertiary/aromatic N) is 2. The Bertz CT molecular complexity index is 1470. The lowest BCUT2D eigenvalue weighted by Gasteiger charge is -2.54. The average molecular weight is 588 g/mol. The number of nitrogens with two attached hydrogens (primary N) is 2. The molecule has 1 aromatic carbocycles. The number of hydrogen-bond donors (Lipinski definition) is 7. The molecule has 0 aliphatic heterocycles. The number of nitrogen functional groups attached to an aromatic ring is 1. The molecule has 0 spiro atoms. The number of aliphatic hydroxyl groups is 3. The highest BCUT2D eigenvalue weighted by molar-refractivity contribution is 6.24. The summed E-state index contributed by atoms with van der Waals surface area (Å²) in [6.45, 7) is 4.87. The lowest BCUT2D eigenvalue weighted by molar-refractivity contribution is -0.157. The summed E-state index contributed by atoms with van der Waals surface area (Å²) >= 11 is 0. The van der Waals surface area contributed by atoms with Crippen LogP contribution >= 0.6 is 0 Å². The van der Waals surface area contributed by atoms with E-state index >= 15 is 0 Å². The molecule has 4 rings (SSSR count). The molecule has 3 aliphatic carbocycles. The maximum absolute atomic E-state index is 14.3. The van der Waals surface area contributed by atoms with Crippen LogP contribution in [0.25, 0.3) is 5.76 Å². The number of hydrogen-bond acceptors (Lipinski definition) is 12. The summed E-state index contributed by atoms with van der Waals surface area (Å²) in [5.41, 5.74) is 6.65. The third-order valence-corrected chi connectivity index (χ3v) is 8.01. The van der Waals surface area contributed by atoms with E-state index < -0.39 is 87.1 Å². The first-order valence-electron chi connectivity index (χ1n) is 13.2. The number of nitrogens with one attached hydrogen (secondary N) is 1. The van der Waals surface area contributed by atoms with Crippen molar-refractivity contribution in [1.82, 2.24) is 10.2 Å². The van der Waals surface area contributed by atoms with Gasteiger partial charge in [0.05, 0.1) is 17.3 Å². The molecule has 9 N–H and O–H groups in total. The molecule has 0 unspecified atom stereocenters. The predicted molar refractivity (Wildman–Crippen MR) is 152 cm³/mol. The Morgan fingerprint density at radius 1 is 1.12 bits per heavy atom. The largest absolute Gasteiger partial charge is 0.508 e. The molecule has 228 valence electrons. The maximum Gasteiger partial charge on any atom is 0.407 e. The fourth-order valence-electron chi connectivity index (χ4n) is 6.40. The van der Waals surface area contributed by atoms with E-state index in [-0.39, 0.29) is 17.7 Å². The van der Waals surface area contributed by atoms with Crippen LogP contribution < -0.4 is 21.7 Å². The van der Waals surface area contributed by atoms with Gasteiger partial charge in [0, 0.05) is 43.2 Å². The van der Waals surface area contributed by atoms with Gasteiger partial charge in [0.2, 0.25) is 5.78 Å². The summed E-state index contributed by atoms with van der Waals surface area (Å²) in [6, 6.07) is -1.28. The number of aromatic hydroxyl groups is 1. The highest BCUT2D eigenvalue weighted by atomic mass is 16.6. The van der Waals surface area contributed by atoms with E-state index in [1.54, 1.807) is 39.8 Å². The Hall–Kier alpha value is -4.30. The molecule has 1 saturated carbocycles. The van der Waals surface area contributed by atoms with E-state index in [1.807, 2.05) is 0 Å². The zero-order valence-electron chi connectivity index (χ0n) is 24.5. The van der Waals surface area contributed by atoms with Crippen LogP contribution in [0.5, 0.6) is 5.75 Å². The average Bonchev–Trinajstić information content (AvgIpc) is 2.83. The van der Waals surface area contributed by atoms with Crippen molar-refractivity contribution < 1.29 is 44.3 Å². The molecule has 1 aromatic rings. The number of phenolic OH excluding ortho intramolecular Hbond substituents is 1. The van der Waals surface area contributed by atoms with Crippen LogP contribution in [-0.2, 0) is 25.5 Å². The van der Waals surface area contributed by atoms with E-state index in [1.165, 1.54) is 25.1 Å². The quantitative estimate of drug-likeness (QED) is 0.141. The molecule has 3 aliphatic rings. The number of benzene rings is 1. The number of carbonyl (C=O) groups excluding carboxylic acids is 4. The molecule has 0 heterocycles. The van der Waals surface area contributed by atoms with Crippen molar-refractivity contribution in [1.29, 1.82) is 0 Å². The molecule has 14 nitrogen and oxygen atoms in total. The van der Waals surface area contributed by atoms with Crippen LogP contribution in [0.4, 0.5) is 16.2 Å². The summed E-state index contributed by atoms with van der Waals surface area (Å²) in [4.78, 5) is 56.4. The topological polar surface area (TPSA) is 229 Å². The van der Waals surface area contributed by atoms with Crippen molar-refractivity contribution in [3.8, 4) is 5.75 Å². The highest BCUT2D eigenvalue weighted by Crippen LogP contribution is 2.54. The van der Waals surface area contributed by atoms with Crippen molar-refractivity contribution in [2.75, 3.05) is 38.8 Å². The van der Waals surface area contributed by atoms with Crippen LogP contribution in [0.3, 0.4) is 0 Å². The van der Waals surface area contributed by atoms with Crippen molar-refractivity contribution in [2.45, 2.75) is 50.5 Å². The number of ether oxygens (including phenoxy) is 1. The second kappa shape index (κ2) is 9.91. The minimum atomic E-state index is -3.00. The van der Waals surface area contributed by atoms with Gasteiger partial charge in [-0.2, -0.15) is 0 Å². The number of alkyl carbamates (subject to hydrolysis) is 1. The number of rotatable bonds is 4. The lowest BCUT2D eigenvalue weighted by atomic mass is 9.55. The fourth-order valence-corrected chi connectivity index (χ4v) is 6.40. The standard InChI is InChI=1S/C28H37N5O9/c1-27(2,3)42-26(40)31-18-11-8-10-13(32(4)5)9-12(29)20(34)14(10)21(35)15(11)23(37)28(41)17(18)19(33(6)7)22(36)16(24(28)38)25(30)39/h9,11,17-19,34-35,38,41H,8,29H2,1-7H3,(H2,30,39)(H,31,40)/t11-,17+,18+,19+,28+/m1/s1. The van der Waals surface area contributed by atoms with Gasteiger partial charge in [0.1, 0.15) is 28.4 Å². The Balaban J connectivity index is 2.09. The van der Waals surface area contributed by atoms with Gasteiger partial charge in [0.15, 0.2) is 11.4 Å². The van der Waals surface area contributed by atoms with Gasteiger partial charge in [-0.25, -0.2) is 4.79 Å². The van der Waals surface area contributed by atoms with Crippen LogP contribution in [-0.4, -0.2) is 100 Å². The van der Waals surface area contributed by atoms with E-state index in [4.69, 9.17) is 16.2 Å². The summed E-state index contributed by atoms with van der Waals surface area (Å²) in [5, 5.41) is 48.4. The van der Waals surface area contributed by atoms with Crippen LogP contribution in [0.1, 0.15) is 31.9 Å². The number of Topliss-reactive ketones (excluding diaryl/α,β-unsaturated/α-hetero) is 2. The molecular formula is C28H37N5O9. The van der Waals surface area contributed by atoms with Gasteiger partial charge in [-0.3, -0.25) is 19.3 Å². The zero-order valence-corrected chi connectivity index (χ0v) is 24.5. The van der Waals surface area contributed by atoms with E-state index in [9.17, 15) is 39.6 Å². The first-order chi connectivity index (χ1) is 19.2. The number of carbonyl (C=O) groups is 4. The smallest absolute Gasteiger partial charge is 0.407 e. The van der Waals surface area contributed by atoms with Gasteiger partial charge < -0.3 is 46.8 Å². The number of amides is 2. The number of primary amides is 1. The minimum Gasteiger partial charge on any atom is -0.508 e. The second-order valence-electron chi connectivity index (χ2n) is 12.3. The van der Waals surface area contributed by atoms with Crippen molar-refractivity contribution in [3.63, 3.8) is 0 Å². The molecule has 1 fully saturated rings. The zero-order chi connectivity index (χ0) is 31.8. The lowest BCUT2D eigenvalue weighted by Crippen LogP contribution is -2.73. The summed E-state index contributed by atoms with van der Waals surface area (Å²) in [6.07, 6.45) is -1.04. The second-order valence-corrected chi connectivity index (χ2v) is 12.3. The number of aliphatic hydroxyl groups excluding tert-OH is 2. The predicted octanol–water partition coefficient (Wildman–Crippen LogP) is 0.115. The molecule has 42 heavy (non-hydrogen) atoms. The monoisotopic (exact) mass is 587 g/mol. The molecule has 0 radical (unpaired) electrons. The first-order valence-corrected chi connectivity index (χ1v) is 13.2. The summed E-state index contributed by atoms with van der Waals surface area (Å²) in [7, 11) is 6.34. The van der Waals surface area contributed by atoms with Crippen molar-refractivity contribution in [2.24, 2.45) is 17.6 Å². The summed E-state index contributed by atoms with van der Waals surface area (Å²) in [5.74, 6) is -8.79. The van der Waals surface area contributed by atoms with Crippen molar-refractivity contribution in [3.05, 3.63) is 34.1 Å². The third kappa shape index (κ3) is 4.41. The molecular weight excluding hydrogens is 550 g/mol. The van der Waals surface area contributed by atoms with Gasteiger partial charge in [0.25, 0.3) is 5.91 Å². The Labute approximate surface area is 242 Å². The number of anilines is 2. The molecule has 5 atom stereocenters. The van der Waals surface area contributed by atoms with Gasteiger partial charge in [-0.15, -0.1) is 0 Å². The maximum atomic E-state index is 14.3. The number of fused-ring (bicyclic) bond motifs is 3. The number of phenols is 1. The van der Waals surface area contributed by atoms with E-state index in [0.717, 1.165) is 0 Å². The Morgan fingerprint density at radius 2 is 1.71 bits per heavy atom. The molecule has 0 aromatic heterocycles. The van der Waals surface area contributed by atoms with Gasteiger partial charge in [-0.1, -0.05) is 0 Å². The van der Waals surface area contributed by atoms with Crippen LogP contribution in [0.15, 0.2) is 23.0 Å². The number of likely N-dealkylation sites (N-methyl/N-ethyl adjacent to an activating group) is 1. The Kier molecular flexibility index (Phi) is 7.23. The fraction of sp³-hybridized carbons (Fsp3) is 0.500. The molecule has 0 bridgehead atoms. The van der Waals surface area contributed by atoms with Gasteiger partial charge in [-0.05, 0) is 52.9 Å². The minimum absolute atomic E-state index is 0.0731. The molecule has 0 saturated heterocycles. The third-order valence-electron chi connectivity index (χ3n) is 8.01. The highest BCUT2D eigenvalue weighted by Gasteiger charge is 2.68. The molecule has 2 amide bonds. The Morgan fingerprint density at radius 3 is 2.21 bits per heavy atom. The van der Waals surface area contributed by atoms with Gasteiger partial charge >= 0.3 is 6.09 Å². The van der Waals surface area contributed by atoms with Crippen LogP contribution in [0.2, 0.25) is 0 Å². The SMILES string of the molecule is CN(C)c1cc(N)c(O)c2c1C[C@@H]1C(=C2O)C(=O)[C@]2(O)C(O)=C(C(N)=O)C(=O)[C@@H](N(C)C)[C@@H]2[C@H]1NC(=O)OC(C)(C)C. The normalized spacial score (nSPS) is 27.4. The summed E-state index contributed by atoms with van der Waals surface area (Å²) < 4.78 is 5.45. The molecule has 14 heteroatoms. The first kappa shape index (κ1) is 30.7. The van der Waals surface area contributed by atoms with Crippen molar-refractivity contribution >= 4 is 40.7 Å². The number of ketones is 2. The van der Waals surface area contributed by atoms with E-state index in [0.29, 0.717) is 11.3 Å².